The van der Waals surface area contributed by atoms with Crippen LogP contribution >= 0.6 is 45.8 Å². The first-order chi connectivity index (χ1) is 10.6. The number of nitrogens with one attached hydrogen (secondary N) is 1. The third-order valence-corrected chi connectivity index (χ3v) is 6.10. The number of allylic oxidation sites excluding steroid dienone is 2. The molecule has 0 amide bonds. The van der Waals surface area contributed by atoms with Crippen molar-refractivity contribution in [3.63, 3.8) is 0 Å². The van der Waals surface area contributed by atoms with E-state index in [-0.39, 0.29) is 6.04 Å². The first-order valence-electron chi connectivity index (χ1n) is 7.31. The normalized spacial score (nSPS) is 25.5. The van der Waals surface area contributed by atoms with Gasteiger partial charge in [-0.05, 0) is 64.3 Å². The molecule has 1 heterocycles. The van der Waals surface area contributed by atoms with Crippen LogP contribution in [0.3, 0.4) is 0 Å². The molecule has 3 atom stereocenters. The van der Waals surface area contributed by atoms with Crippen molar-refractivity contribution in [2.45, 2.75) is 18.4 Å². The summed E-state index contributed by atoms with van der Waals surface area (Å²) in [4.78, 5) is 0. The van der Waals surface area contributed by atoms with Gasteiger partial charge in [0.25, 0.3) is 0 Å². The lowest BCUT2D eigenvalue weighted by Gasteiger charge is -2.38. The Morgan fingerprint density at radius 2 is 1.95 bits per heavy atom. The van der Waals surface area contributed by atoms with E-state index in [1.807, 2.05) is 12.1 Å². The largest absolute Gasteiger partial charge is 0.377 e. The molecule has 2 aromatic carbocycles. The van der Waals surface area contributed by atoms with Crippen LogP contribution in [0.15, 0.2) is 48.6 Å². The van der Waals surface area contributed by atoms with Crippen LogP contribution in [0.5, 0.6) is 0 Å². The number of fused-ring (bicyclic) bond motifs is 3. The monoisotopic (exact) mass is 441 g/mol. The zero-order valence-electron chi connectivity index (χ0n) is 11.7. The lowest BCUT2D eigenvalue weighted by Crippen LogP contribution is -2.29. The molecule has 4 heteroatoms. The van der Waals surface area contributed by atoms with Gasteiger partial charge in [-0.25, -0.2) is 0 Å². The molecule has 0 radical (unpaired) electrons. The summed E-state index contributed by atoms with van der Waals surface area (Å²) < 4.78 is 1.25. The van der Waals surface area contributed by atoms with E-state index in [0.717, 1.165) is 17.0 Å². The summed E-state index contributed by atoms with van der Waals surface area (Å²) in [5, 5.41) is 5.16. The summed E-state index contributed by atoms with van der Waals surface area (Å²) in [5.41, 5.74) is 3.77. The summed E-state index contributed by atoms with van der Waals surface area (Å²) in [6.07, 6.45) is 5.71. The molecule has 4 rings (SSSR count). The molecule has 0 bridgehead atoms. The molecular weight excluding hydrogens is 428 g/mol. The van der Waals surface area contributed by atoms with E-state index in [1.165, 1.54) is 14.8 Å². The van der Waals surface area contributed by atoms with E-state index in [1.54, 1.807) is 0 Å². The Balaban J connectivity index is 1.84. The highest BCUT2D eigenvalue weighted by Crippen LogP contribution is 2.51. The fraction of sp³-hybridized carbons (Fsp3) is 0.222. The first kappa shape index (κ1) is 14.9. The van der Waals surface area contributed by atoms with Gasteiger partial charge in [-0.3, -0.25) is 0 Å². The predicted molar refractivity (Wildman–Crippen MR) is 102 cm³/mol. The quantitative estimate of drug-likeness (QED) is 0.397. The van der Waals surface area contributed by atoms with Crippen LogP contribution in [0.25, 0.3) is 0 Å². The van der Waals surface area contributed by atoms with Crippen molar-refractivity contribution in [3.05, 3.63) is 73.3 Å². The van der Waals surface area contributed by atoms with Crippen LogP contribution in [0.4, 0.5) is 5.69 Å². The minimum atomic E-state index is 0.216. The molecule has 112 valence electrons. The van der Waals surface area contributed by atoms with E-state index in [2.05, 4.69) is 64.3 Å². The van der Waals surface area contributed by atoms with Crippen LogP contribution < -0.4 is 5.32 Å². The summed E-state index contributed by atoms with van der Waals surface area (Å²) in [6, 6.07) is 12.5. The fourth-order valence-corrected chi connectivity index (χ4v) is 4.85. The van der Waals surface area contributed by atoms with Crippen LogP contribution in [-0.2, 0) is 0 Å². The highest BCUT2D eigenvalue weighted by Gasteiger charge is 2.39. The van der Waals surface area contributed by atoms with Gasteiger partial charge in [0.2, 0.25) is 0 Å². The molecule has 0 fully saturated rings. The average molecular weight is 442 g/mol. The zero-order chi connectivity index (χ0) is 15.3. The van der Waals surface area contributed by atoms with E-state index in [4.69, 9.17) is 23.2 Å². The molecule has 1 N–H and O–H groups in total. The Labute approximate surface area is 153 Å². The molecule has 22 heavy (non-hydrogen) atoms. The van der Waals surface area contributed by atoms with Crippen LogP contribution in [0, 0.1) is 9.49 Å². The Hall–Kier alpha value is -0.710. The molecular formula is C18H14Cl2IN. The molecule has 1 nitrogen and oxygen atoms in total. The number of hydrogen-bond acceptors (Lipinski definition) is 1. The van der Waals surface area contributed by atoms with Crippen molar-refractivity contribution in [1.29, 1.82) is 0 Å². The summed E-state index contributed by atoms with van der Waals surface area (Å²) in [6.45, 7) is 0. The lowest BCUT2D eigenvalue weighted by atomic mass is 9.77. The van der Waals surface area contributed by atoms with E-state index >= 15 is 0 Å². The maximum atomic E-state index is 6.47. The van der Waals surface area contributed by atoms with Crippen LogP contribution in [0.2, 0.25) is 10.0 Å². The molecule has 0 saturated heterocycles. The highest BCUT2D eigenvalue weighted by atomic mass is 127. The Morgan fingerprint density at radius 1 is 1.09 bits per heavy atom. The first-order valence-corrected chi connectivity index (χ1v) is 9.15. The van der Waals surface area contributed by atoms with Gasteiger partial charge in [-0.1, -0.05) is 53.6 Å². The fourth-order valence-electron chi connectivity index (χ4n) is 3.64. The maximum Gasteiger partial charge on any atom is 0.0568 e. The van der Waals surface area contributed by atoms with Gasteiger partial charge in [0, 0.05) is 19.5 Å². The Kier molecular flexibility index (Phi) is 3.87. The SMILES string of the molecule is Clc1ccc([C@@H]2Nc3c(I)cccc3[C@H]3C=CC[C@H]32)c(Cl)c1. The van der Waals surface area contributed by atoms with E-state index in [9.17, 15) is 0 Å². The predicted octanol–water partition coefficient (Wildman–Crippen LogP) is 6.42. The summed E-state index contributed by atoms with van der Waals surface area (Å²) in [7, 11) is 0. The molecule has 2 aromatic rings. The van der Waals surface area contributed by atoms with Crippen molar-refractivity contribution in [1.82, 2.24) is 0 Å². The average Bonchev–Trinajstić information content (AvgIpc) is 2.97. The van der Waals surface area contributed by atoms with Gasteiger partial charge in [0.15, 0.2) is 0 Å². The van der Waals surface area contributed by atoms with Gasteiger partial charge in [-0.2, -0.15) is 0 Å². The minimum absolute atomic E-state index is 0.216. The van der Waals surface area contributed by atoms with Crippen molar-refractivity contribution in [2.24, 2.45) is 5.92 Å². The third kappa shape index (κ3) is 2.36. The second-order valence-electron chi connectivity index (χ2n) is 5.85. The third-order valence-electron chi connectivity index (χ3n) is 4.64. The minimum Gasteiger partial charge on any atom is -0.377 e. The topological polar surface area (TPSA) is 12.0 Å². The number of benzene rings is 2. The molecule has 0 aromatic heterocycles. The van der Waals surface area contributed by atoms with Gasteiger partial charge in [-0.15, -0.1) is 0 Å². The van der Waals surface area contributed by atoms with E-state index in [0.29, 0.717) is 16.9 Å². The smallest absolute Gasteiger partial charge is 0.0568 e. The molecule has 2 aliphatic rings. The van der Waals surface area contributed by atoms with Gasteiger partial charge >= 0.3 is 0 Å². The second kappa shape index (κ2) is 5.73. The second-order valence-corrected chi connectivity index (χ2v) is 7.85. The maximum absolute atomic E-state index is 6.47. The van der Waals surface area contributed by atoms with Crippen LogP contribution in [-0.4, -0.2) is 0 Å². The molecule has 0 saturated carbocycles. The molecule has 0 spiro atoms. The number of para-hydroxylation sites is 1. The number of rotatable bonds is 1. The lowest BCUT2D eigenvalue weighted by molar-refractivity contribution is 0.425. The van der Waals surface area contributed by atoms with Gasteiger partial charge < -0.3 is 5.32 Å². The van der Waals surface area contributed by atoms with Gasteiger partial charge in [0.1, 0.15) is 0 Å². The Bertz CT molecular complexity index is 772. The Morgan fingerprint density at radius 3 is 2.77 bits per heavy atom. The summed E-state index contributed by atoms with van der Waals surface area (Å²) in [5.74, 6) is 0.965. The van der Waals surface area contributed by atoms with Crippen LogP contribution in [0.1, 0.15) is 29.5 Å². The number of halogens is 3. The zero-order valence-corrected chi connectivity index (χ0v) is 15.4. The molecule has 1 aliphatic carbocycles. The van der Waals surface area contributed by atoms with E-state index < -0.39 is 0 Å². The highest BCUT2D eigenvalue weighted by molar-refractivity contribution is 14.1. The molecule has 1 aliphatic heterocycles. The van der Waals surface area contributed by atoms with Crippen molar-refractivity contribution in [3.8, 4) is 0 Å². The van der Waals surface area contributed by atoms with Crippen molar-refractivity contribution >= 4 is 51.5 Å². The summed E-state index contributed by atoms with van der Waals surface area (Å²) >= 11 is 14.9. The van der Waals surface area contributed by atoms with Crippen molar-refractivity contribution in [2.75, 3.05) is 5.32 Å². The number of anilines is 1. The van der Waals surface area contributed by atoms with Gasteiger partial charge in [0.05, 0.1) is 11.7 Å². The molecule has 0 unspecified atom stereocenters. The van der Waals surface area contributed by atoms with Crippen molar-refractivity contribution < 1.29 is 0 Å². The standard InChI is InChI=1S/C18H14Cl2IN/c19-10-7-8-14(15(20)9-10)17-12-4-1-3-11(12)13-5-2-6-16(21)18(13)22-17/h1-3,5-9,11-12,17,22H,4H2/t11-,12+,17+/m0/s1. The number of hydrogen-bond donors (Lipinski definition) is 1.